The summed E-state index contributed by atoms with van der Waals surface area (Å²) in [4.78, 5) is 48.1. The molecule has 3 N–H and O–H groups in total. The standard InChI is InChI=1S/C26H26N4O4/c1-4-34-21(31)12-13-27-26(33)23-15(2)22(16(3)28-23)25-29-19-11-10-18(14-20(19)30-25)24(32)17-8-6-5-7-9-17/h5-11,14,28H,4,12-13H2,1-3H3,(H,27,33)(H,29,30). The number of hydrogen-bond acceptors (Lipinski definition) is 5. The molecule has 34 heavy (non-hydrogen) atoms. The fourth-order valence-electron chi connectivity index (χ4n) is 3.96. The second kappa shape index (κ2) is 9.74. The van der Waals surface area contributed by atoms with Gasteiger partial charge in [-0.05, 0) is 44.5 Å². The molecule has 174 valence electrons. The molecule has 0 unspecified atom stereocenters. The lowest BCUT2D eigenvalue weighted by atomic mass is 10.0. The van der Waals surface area contributed by atoms with E-state index in [1.807, 2.05) is 38.1 Å². The van der Waals surface area contributed by atoms with E-state index >= 15 is 0 Å². The lowest BCUT2D eigenvalue weighted by Gasteiger charge is -2.05. The van der Waals surface area contributed by atoms with Crippen LogP contribution in [0.5, 0.6) is 0 Å². The Morgan fingerprint density at radius 1 is 1.00 bits per heavy atom. The van der Waals surface area contributed by atoms with Crippen LogP contribution in [0, 0.1) is 13.8 Å². The molecule has 1 amide bonds. The van der Waals surface area contributed by atoms with Gasteiger partial charge in [0, 0.05) is 28.9 Å². The summed E-state index contributed by atoms with van der Waals surface area (Å²) >= 11 is 0. The Kier molecular flexibility index (Phi) is 6.58. The van der Waals surface area contributed by atoms with Crippen molar-refractivity contribution in [2.24, 2.45) is 0 Å². The summed E-state index contributed by atoms with van der Waals surface area (Å²) in [6.07, 6.45) is 0.110. The second-order valence-electron chi connectivity index (χ2n) is 7.95. The number of benzene rings is 2. The number of hydrogen-bond donors (Lipinski definition) is 3. The van der Waals surface area contributed by atoms with Crippen LogP contribution in [0.2, 0.25) is 0 Å². The SMILES string of the molecule is CCOC(=O)CCNC(=O)c1[nH]c(C)c(-c2nc3ccc(C(=O)c4ccccc4)cc3[nH]2)c1C. The van der Waals surface area contributed by atoms with Gasteiger partial charge in [-0.25, -0.2) is 4.98 Å². The van der Waals surface area contributed by atoms with Crippen molar-refractivity contribution < 1.29 is 19.1 Å². The summed E-state index contributed by atoms with van der Waals surface area (Å²) < 4.78 is 4.88. The number of aryl methyl sites for hydroxylation is 1. The lowest BCUT2D eigenvalue weighted by Crippen LogP contribution is -2.27. The molecular formula is C26H26N4O4. The summed E-state index contributed by atoms with van der Waals surface area (Å²) in [5, 5.41) is 2.74. The molecule has 0 aliphatic rings. The van der Waals surface area contributed by atoms with Crippen molar-refractivity contribution in [2.75, 3.05) is 13.2 Å². The van der Waals surface area contributed by atoms with Crippen LogP contribution in [0.15, 0.2) is 48.5 Å². The number of ketones is 1. The molecule has 0 aliphatic carbocycles. The van der Waals surface area contributed by atoms with E-state index in [1.54, 1.807) is 31.2 Å². The zero-order chi connectivity index (χ0) is 24.2. The molecule has 0 saturated heterocycles. The third-order valence-corrected chi connectivity index (χ3v) is 5.60. The van der Waals surface area contributed by atoms with Crippen molar-refractivity contribution in [2.45, 2.75) is 27.2 Å². The largest absolute Gasteiger partial charge is 0.466 e. The maximum atomic E-state index is 12.8. The molecule has 4 aromatic rings. The average Bonchev–Trinajstić information content (AvgIpc) is 3.38. The molecule has 0 bridgehead atoms. The van der Waals surface area contributed by atoms with Crippen molar-refractivity contribution in [1.29, 1.82) is 0 Å². The Bertz CT molecular complexity index is 1370. The van der Waals surface area contributed by atoms with Gasteiger partial charge in [0.15, 0.2) is 5.78 Å². The Morgan fingerprint density at radius 3 is 2.50 bits per heavy atom. The number of ether oxygens (including phenoxy) is 1. The minimum absolute atomic E-state index is 0.0607. The molecule has 0 aliphatic heterocycles. The van der Waals surface area contributed by atoms with Crippen molar-refractivity contribution in [3.8, 4) is 11.4 Å². The van der Waals surface area contributed by atoms with Gasteiger partial charge in [0.1, 0.15) is 11.5 Å². The summed E-state index contributed by atoms with van der Waals surface area (Å²) in [7, 11) is 0. The maximum Gasteiger partial charge on any atom is 0.307 e. The quantitative estimate of drug-likeness (QED) is 0.272. The number of aromatic amines is 2. The average molecular weight is 459 g/mol. The van der Waals surface area contributed by atoms with Gasteiger partial charge in [-0.1, -0.05) is 30.3 Å². The third-order valence-electron chi connectivity index (χ3n) is 5.60. The number of nitrogens with zero attached hydrogens (tertiary/aromatic N) is 1. The van der Waals surface area contributed by atoms with E-state index in [0.29, 0.717) is 29.3 Å². The number of esters is 1. The van der Waals surface area contributed by atoms with Crippen LogP contribution in [0.1, 0.15) is 51.0 Å². The lowest BCUT2D eigenvalue weighted by molar-refractivity contribution is -0.142. The van der Waals surface area contributed by atoms with E-state index in [2.05, 4.69) is 20.3 Å². The number of imidazole rings is 1. The molecule has 0 spiro atoms. The number of carbonyl (C=O) groups is 3. The number of H-pyrrole nitrogens is 2. The van der Waals surface area contributed by atoms with Crippen LogP contribution in [0.4, 0.5) is 0 Å². The highest BCUT2D eigenvalue weighted by Crippen LogP contribution is 2.29. The van der Waals surface area contributed by atoms with E-state index in [-0.39, 0.29) is 30.6 Å². The first-order chi connectivity index (χ1) is 16.4. The molecule has 2 aromatic heterocycles. The molecule has 8 nitrogen and oxygen atoms in total. The van der Waals surface area contributed by atoms with Crippen molar-refractivity contribution in [3.63, 3.8) is 0 Å². The number of fused-ring (bicyclic) bond motifs is 1. The van der Waals surface area contributed by atoms with Gasteiger partial charge in [0.2, 0.25) is 0 Å². The zero-order valence-electron chi connectivity index (χ0n) is 19.3. The van der Waals surface area contributed by atoms with E-state index in [4.69, 9.17) is 4.74 Å². The van der Waals surface area contributed by atoms with Gasteiger partial charge >= 0.3 is 5.97 Å². The summed E-state index contributed by atoms with van der Waals surface area (Å²) in [5.74, 6) is -0.108. The Labute approximate surface area is 196 Å². The highest BCUT2D eigenvalue weighted by molar-refractivity contribution is 6.10. The number of amides is 1. The minimum atomic E-state index is -0.352. The Balaban J connectivity index is 1.57. The maximum absolute atomic E-state index is 12.8. The fourth-order valence-corrected chi connectivity index (χ4v) is 3.96. The van der Waals surface area contributed by atoms with E-state index in [9.17, 15) is 14.4 Å². The molecule has 8 heteroatoms. The van der Waals surface area contributed by atoms with Crippen molar-refractivity contribution in [3.05, 3.63) is 76.6 Å². The predicted molar refractivity (Wildman–Crippen MR) is 129 cm³/mol. The molecule has 0 saturated carbocycles. The smallest absolute Gasteiger partial charge is 0.307 e. The molecular weight excluding hydrogens is 432 g/mol. The summed E-state index contributed by atoms with van der Waals surface area (Å²) in [6, 6.07) is 14.5. The van der Waals surface area contributed by atoms with Gasteiger partial charge in [-0.2, -0.15) is 0 Å². The van der Waals surface area contributed by atoms with E-state index in [1.165, 1.54) is 0 Å². The van der Waals surface area contributed by atoms with Gasteiger partial charge in [-0.3, -0.25) is 14.4 Å². The molecule has 0 fully saturated rings. The molecule has 2 aromatic carbocycles. The van der Waals surface area contributed by atoms with Crippen molar-refractivity contribution in [1.82, 2.24) is 20.3 Å². The Hall–Kier alpha value is -4.20. The topological polar surface area (TPSA) is 117 Å². The highest BCUT2D eigenvalue weighted by Gasteiger charge is 2.21. The first kappa shape index (κ1) is 23.0. The van der Waals surface area contributed by atoms with Crippen LogP contribution in [-0.4, -0.2) is 45.8 Å². The van der Waals surface area contributed by atoms with Gasteiger partial charge in [0.25, 0.3) is 5.91 Å². The number of carbonyl (C=O) groups excluding carboxylic acids is 3. The van der Waals surface area contributed by atoms with Gasteiger partial charge in [-0.15, -0.1) is 0 Å². The van der Waals surface area contributed by atoms with Crippen molar-refractivity contribution >= 4 is 28.7 Å². The molecule has 0 atom stereocenters. The first-order valence-electron chi connectivity index (χ1n) is 11.1. The Morgan fingerprint density at radius 2 is 1.76 bits per heavy atom. The van der Waals surface area contributed by atoms with Gasteiger partial charge < -0.3 is 20.0 Å². The highest BCUT2D eigenvalue weighted by atomic mass is 16.5. The summed E-state index contributed by atoms with van der Waals surface area (Å²) in [6.45, 7) is 5.95. The predicted octanol–water partition coefficient (Wildman–Crippen LogP) is 4.09. The first-order valence-corrected chi connectivity index (χ1v) is 11.1. The molecule has 2 heterocycles. The van der Waals surface area contributed by atoms with Crippen LogP contribution < -0.4 is 5.32 Å². The van der Waals surface area contributed by atoms with Gasteiger partial charge in [0.05, 0.1) is 24.1 Å². The normalized spacial score (nSPS) is 10.9. The summed E-state index contributed by atoms with van der Waals surface area (Å²) in [5.41, 5.74) is 5.38. The molecule has 4 rings (SSSR count). The fraction of sp³-hybridized carbons (Fsp3) is 0.231. The second-order valence-corrected chi connectivity index (χ2v) is 7.95. The number of aromatic nitrogens is 3. The van der Waals surface area contributed by atoms with E-state index < -0.39 is 0 Å². The monoisotopic (exact) mass is 458 g/mol. The number of nitrogens with one attached hydrogen (secondary N) is 3. The van der Waals surface area contributed by atoms with Crippen LogP contribution >= 0.6 is 0 Å². The van der Waals surface area contributed by atoms with E-state index in [0.717, 1.165) is 27.9 Å². The van der Waals surface area contributed by atoms with Crippen LogP contribution in [0.25, 0.3) is 22.4 Å². The van der Waals surface area contributed by atoms with Crippen LogP contribution in [-0.2, 0) is 9.53 Å². The number of rotatable bonds is 8. The third kappa shape index (κ3) is 4.61. The minimum Gasteiger partial charge on any atom is -0.466 e. The molecule has 0 radical (unpaired) electrons. The van der Waals surface area contributed by atoms with Crippen LogP contribution in [0.3, 0.4) is 0 Å². The zero-order valence-corrected chi connectivity index (χ0v) is 19.3.